The zero-order valence-corrected chi connectivity index (χ0v) is 25.5. The van der Waals surface area contributed by atoms with Gasteiger partial charge in [-0.1, -0.05) is 119 Å². The van der Waals surface area contributed by atoms with Crippen molar-refractivity contribution in [3.05, 3.63) is 102 Å². The molecule has 0 aliphatic carbocycles. The SMILES string of the molecule is CC(C)(C)c1ccc2c(c1)c1ccc(-c3[c-]c(-c4ccccn4)ccc3)nc1n2-c1ccc(C(C)(C)C)[n-]1.[Pt+2]. The summed E-state index contributed by atoms with van der Waals surface area (Å²) in [5, 5.41) is 2.31. The first-order chi connectivity index (χ1) is 18.1. The number of rotatable bonds is 3. The average Bonchev–Trinajstić information content (AvgIpc) is 3.51. The molecule has 2 aromatic carbocycles. The molecule has 4 nitrogen and oxygen atoms in total. The number of hydrogen-bond donors (Lipinski definition) is 0. The smallest absolute Gasteiger partial charge is 0.439 e. The van der Waals surface area contributed by atoms with Crippen molar-refractivity contribution in [2.75, 3.05) is 0 Å². The minimum Gasteiger partial charge on any atom is -0.439 e. The summed E-state index contributed by atoms with van der Waals surface area (Å²) in [6, 6.07) is 30.9. The number of hydrogen-bond acceptors (Lipinski definition) is 2. The van der Waals surface area contributed by atoms with Crippen LogP contribution in [0.2, 0.25) is 0 Å². The maximum Gasteiger partial charge on any atom is 2.00 e. The second kappa shape index (κ2) is 9.92. The third-order valence-electron chi connectivity index (χ3n) is 7.12. The predicted molar refractivity (Wildman–Crippen MR) is 157 cm³/mol. The van der Waals surface area contributed by atoms with E-state index in [4.69, 9.17) is 9.97 Å². The predicted octanol–water partition coefficient (Wildman–Crippen LogP) is 8.26. The Kier molecular flexibility index (Phi) is 6.89. The molecule has 0 aliphatic rings. The van der Waals surface area contributed by atoms with Crippen molar-refractivity contribution in [1.82, 2.24) is 19.5 Å². The van der Waals surface area contributed by atoms with Crippen molar-refractivity contribution < 1.29 is 21.1 Å². The van der Waals surface area contributed by atoms with E-state index in [-0.39, 0.29) is 31.9 Å². The van der Waals surface area contributed by atoms with Crippen LogP contribution in [0.15, 0.2) is 85.1 Å². The summed E-state index contributed by atoms with van der Waals surface area (Å²) in [7, 11) is 0. The Hall–Kier alpha value is -3.49. The van der Waals surface area contributed by atoms with Gasteiger partial charge in [0.2, 0.25) is 0 Å². The number of benzene rings is 2. The van der Waals surface area contributed by atoms with Crippen LogP contribution < -0.4 is 4.98 Å². The van der Waals surface area contributed by atoms with Gasteiger partial charge < -0.3 is 9.55 Å². The molecular weight excluding hydrogens is 659 g/mol. The topological polar surface area (TPSA) is 44.8 Å². The summed E-state index contributed by atoms with van der Waals surface area (Å²) < 4.78 is 2.21. The van der Waals surface area contributed by atoms with E-state index in [1.54, 1.807) is 0 Å². The number of fused-ring (bicyclic) bond motifs is 3. The van der Waals surface area contributed by atoms with Crippen molar-refractivity contribution in [1.29, 1.82) is 0 Å². The molecule has 0 atom stereocenters. The minimum atomic E-state index is -0.0319. The molecule has 5 heteroatoms. The Morgan fingerprint density at radius 2 is 1.49 bits per heavy atom. The van der Waals surface area contributed by atoms with Gasteiger partial charge in [0.05, 0.1) is 5.65 Å². The van der Waals surface area contributed by atoms with Crippen molar-refractivity contribution in [3.63, 3.8) is 0 Å². The van der Waals surface area contributed by atoms with Gasteiger partial charge in [-0.05, 0) is 33.4 Å². The van der Waals surface area contributed by atoms with Crippen LogP contribution in [0, 0.1) is 6.07 Å². The van der Waals surface area contributed by atoms with Gasteiger partial charge in [0, 0.05) is 23.0 Å². The van der Waals surface area contributed by atoms with Crippen LogP contribution in [-0.2, 0) is 31.9 Å². The van der Waals surface area contributed by atoms with E-state index in [1.807, 2.05) is 36.5 Å². The molecule has 0 saturated carbocycles. The van der Waals surface area contributed by atoms with Crippen LogP contribution >= 0.6 is 0 Å². The molecule has 0 N–H and O–H groups in total. The van der Waals surface area contributed by atoms with Gasteiger partial charge in [0.15, 0.2) is 0 Å². The summed E-state index contributed by atoms with van der Waals surface area (Å²) in [6.07, 6.45) is 1.81. The second-order valence-electron chi connectivity index (χ2n) is 12.0. The Morgan fingerprint density at radius 1 is 0.718 bits per heavy atom. The summed E-state index contributed by atoms with van der Waals surface area (Å²) in [6.45, 7) is 13.3. The fourth-order valence-corrected chi connectivity index (χ4v) is 4.92. The Bertz CT molecular complexity index is 1780. The summed E-state index contributed by atoms with van der Waals surface area (Å²) >= 11 is 0. The van der Waals surface area contributed by atoms with Gasteiger partial charge in [-0.2, -0.15) is 0 Å². The molecule has 39 heavy (non-hydrogen) atoms. The normalized spacial score (nSPS) is 12.2. The maximum absolute atomic E-state index is 5.23. The molecule has 4 aromatic heterocycles. The molecule has 4 heterocycles. The van der Waals surface area contributed by atoms with E-state index >= 15 is 0 Å². The fraction of sp³-hybridized carbons (Fsp3) is 0.235. The van der Waals surface area contributed by atoms with Crippen LogP contribution in [0.3, 0.4) is 0 Å². The molecule has 0 amide bonds. The molecule has 6 aromatic rings. The van der Waals surface area contributed by atoms with Crippen LogP contribution in [0.1, 0.15) is 52.8 Å². The summed E-state index contributed by atoms with van der Waals surface area (Å²) in [4.78, 5) is 14.8. The molecule has 6 rings (SSSR count). The first-order valence-corrected chi connectivity index (χ1v) is 13.1. The summed E-state index contributed by atoms with van der Waals surface area (Å²) in [5.41, 5.74) is 8.07. The van der Waals surface area contributed by atoms with Crippen molar-refractivity contribution in [2.45, 2.75) is 52.4 Å². The second-order valence-corrected chi connectivity index (χ2v) is 12.0. The fourth-order valence-electron chi connectivity index (χ4n) is 4.92. The molecule has 0 unspecified atom stereocenters. The monoisotopic (exact) mass is 691 g/mol. The Balaban J connectivity index is 0.00000308. The number of nitrogens with zero attached hydrogens (tertiary/aromatic N) is 4. The van der Waals surface area contributed by atoms with Crippen LogP contribution in [0.5, 0.6) is 0 Å². The maximum atomic E-state index is 5.23. The van der Waals surface area contributed by atoms with E-state index < -0.39 is 0 Å². The van der Waals surface area contributed by atoms with E-state index in [1.165, 1.54) is 10.9 Å². The van der Waals surface area contributed by atoms with Crippen molar-refractivity contribution in [3.8, 4) is 28.3 Å². The third-order valence-corrected chi connectivity index (χ3v) is 7.12. The van der Waals surface area contributed by atoms with E-state index in [0.29, 0.717) is 0 Å². The first kappa shape index (κ1) is 27.1. The van der Waals surface area contributed by atoms with Crippen LogP contribution in [0.4, 0.5) is 0 Å². The molecule has 0 aliphatic heterocycles. The van der Waals surface area contributed by atoms with Crippen LogP contribution in [0.25, 0.3) is 50.3 Å². The first-order valence-electron chi connectivity index (χ1n) is 13.1. The molecular formula is C34H32N4Pt. The van der Waals surface area contributed by atoms with E-state index in [0.717, 1.165) is 50.6 Å². The Morgan fingerprint density at radius 3 is 2.15 bits per heavy atom. The van der Waals surface area contributed by atoms with E-state index in [2.05, 4.69) is 106 Å². The number of aromatic nitrogens is 4. The van der Waals surface area contributed by atoms with Gasteiger partial charge in [0.1, 0.15) is 0 Å². The third kappa shape index (κ3) is 4.99. The minimum absolute atomic E-state index is 0. The van der Waals surface area contributed by atoms with Gasteiger partial charge in [-0.15, -0.1) is 24.3 Å². The molecule has 198 valence electrons. The standard InChI is InChI=1S/C34H32N4.Pt/c1-33(2,3)24-13-16-29-26(21-24)25-14-15-28(23-11-9-10-22(20-23)27-12-7-8-19-35-27)36-32(25)38(29)31-18-17-30(37-31)34(4,5)6;/h7-19,21H,1-6H3;/q-2;+2. The average molecular weight is 692 g/mol. The van der Waals surface area contributed by atoms with Gasteiger partial charge in [0.25, 0.3) is 0 Å². The van der Waals surface area contributed by atoms with Crippen LogP contribution in [-0.4, -0.2) is 14.5 Å². The zero-order valence-electron chi connectivity index (χ0n) is 23.2. The van der Waals surface area contributed by atoms with Crippen molar-refractivity contribution >= 4 is 21.9 Å². The van der Waals surface area contributed by atoms with Gasteiger partial charge in [-0.3, -0.25) is 9.97 Å². The van der Waals surface area contributed by atoms with E-state index in [9.17, 15) is 0 Å². The van der Waals surface area contributed by atoms with Gasteiger partial charge >= 0.3 is 21.1 Å². The summed E-state index contributed by atoms with van der Waals surface area (Å²) in [5.74, 6) is 0.897. The largest absolute Gasteiger partial charge is 2.00 e. The molecule has 0 saturated heterocycles. The molecule has 0 fully saturated rings. The van der Waals surface area contributed by atoms with Gasteiger partial charge in [-0.25, -0.2) is 0 Å². The van der Waals surface area contributed by atoms with Crippen molar-refractivity contribution in [2.24, 2.45) is 0 Å². The zero-order chi connectivity index (χ0) is 26.7. The number of pyridine rings is 2. The molecule has 0 bridgehead atoms. The molecule has 0 spiro atoms. The Labute approximate surface area is 244 Å². The quantitative estimate of drug-likeness (QED) is 0.176. The molecule has 0 radical (unpaired) electrons.